The molecule has 0 saturated carbocycles. The van der Waals surface area contributed by atoms with Crippen LogP contribution in [0.5, 0.6) is 5.75 Å². The molecule has 1 atom stereocenters. The van der Waals surface area contributed by atoms with Gasteiger partial charge in [-0.25, -0.2) is 9.78 Å². The van der Waals surface area contributed by atoms with E-state index in [0.29, 0.717) is 22.2 Å². The Labute approximate surface area is 202 Å². The number of carbonyl (C=O) groups excluding carboxylic acids is 3. The van der Waals surface area contributed by atoms with Crippen molar-refractivity contribution < 1.29 is 33.8 Å². The van der Waals surface area contributed by atoms with E-state index in [-0.39, 0.29) is 27.1 Å². The van der Waals surface area contributed by atoms with Crippen LogP contribution in [0.2, 0.25) is 0 Å². The van der Waals surface area contributed by atoms with Crippen LogP contribution in [0.1, 0.15) is 37.5 Å². The maximum absolute atomic E-state index is 13.6. The number of hydrogen-bond acceptors (Lipinski definition) is 9. The number of hydrogen-bond donors (Lipinski definition) is 2. The number of para-hydroxylation sites is 1. The van der Waals surface area contributed by atoms with Crippen molar-refractivity contribution in [3.05, 3.63) is 87.8 Å². The number of furan rings is 1. The molecule has 2 aromatic carbocycles. The highest BCUT2D eigenvalue weighted by atomic mass is 32.1. The number of phenolic OH excluding ortho intramolecular Hbond substituents is 1. The average Bonchev–Trinajstić information content (AvgIpc) is 3.52. The van der Waals surface area contributed by atoms with Gasteiger partial charge >= 0.3 is 5.97 Å². The number of amides is 1. The molecule has 35 heavy (non-hydrogen) atoms. The van der Waals surface area contributed by atoms with Crippen molar-refractivity contribution in [3.63, 3.8) is 0 Å². The lowest BCUT2D eigenvalue weighted by molar-refractivity contribution is -0.117. The highest BCUT2D eigenvalue weighted by molar-refractivity contribution is 7.17. The second-order valence-corrected chi connectivity index (χ2v) is 8.79. The minimum Gasteiger partial charge on any atom is -0.508 e. The smallest absolute Gasteiger partial charge is 0.350 e. The first-order chi connectivity index (χ1) is 16.8. The quantitative estimate of drug-likeness (QED) is 0.310. The number of anilines is 1. The van der Waals surface area contributed by atoms with E-state index in [9.17, 15) is 24.6 Å². The first kappa shape index (κ1) is 22.4. The van der Waals surface area contributed by atoms with E-state index in [0.717, 1.165) is 16.2 Å². The van der Waals surface area contributed by atoms with Crippen LogP contribution < -0.4 is 4.90 Å². The summed E-state index contributed by atoms with van der Waals surface area (Å²) >= 11 is 0.896. The number of aromatic hydroxyl groups is 1. The van der Waals surface area contributed by atoms with Crippen LogP contribution in [0.25, 0.3) is 11.0 Å². The molecule has 5 rings (SSSR count). The zero-order valence-electron chi connectivity index (χ0n) is 18.5. The van der Waals surface area contributed by atoms with Gasteiger partial charge in [0.25, 0.3) is 5.91 Å². The molecule has 0 radical (unpaired) electrons. The topological polar surface area (TPSA) is 130 Å². The summed E-state index contributed by atoms with van der Waals surface area (Å²) in [5.41, 5.74) is 0.932. The van der Waals surface area contributed by atoms with Crippen LogP contribution in [0.4, 0.5) is 5.13 Å². The predicted molar refractivity (Wildman–Crippen MR) is 127 cm³/mol. The van der Waals surface area contributed by atoms with Gasteiger partial charge in [0, 0.05) is 5.39 Å². The van der Waals surface area contributed by atoms with Crippen LogP contribution in [-0.4, -0.2) is 40.0 Å². The maximum atomic E-state index is 13.6. The van der Waals surface area contributed by atoms with Crippen molar-refractivity contribution in [2.45, 2.75) is 13.0 Å². The van der Waals surface area contributed by atoms with Crippen molar-refractivity contribution in [2.75, 3.05) is 12.0 Å². The lowest BCUT2D eigenvalue weighted by Gasteiger charge is -2.24. The Kier molecular flexibility index (Phi) is 5.37. The average molecular weight is 490 g/mol. The fraction of sp³-hybridized carbons (Fsp3) is 0.120. The zero-order valence-corrected chi connectivity index (χ0v) is 19.3. The van der Waals surface area contributed by atoms with E-state index >= 15 is 0 Å². The number of phenols is 1. The number of esters is 1. The summed E-state index contributed by atoms with van der Waals surface area (Å²) in [5.74, 6) is -3.10. The number of aliphatic hydroxyl groups is 1. The summed E-state index contributed by atoms with van der Waals surface area (Å²) in [7, 11) is 1.23. The highest BCUT2D eigenvalue weighted by Crippen LogP contribution is 2.44. The van der Waals surface area contributed by atoms with Gasteiger partial charge in [0.15, 0.2) is 16.7 Å². The van der Waals surface area contributed by atoms with E-state index in [2.05, 4.69) is 4.98 Å². The van der Waals surface area contributed by atoms with Crippen LogP contribution in [0, 0.1) is 6.92 Å². The van der Waals surface area contributed by atoms with Gasteiger partial charge in [-0.1, -0.05) is 41.7 Å². The largest absolute Gasteiger partial charge is 0.508 e. The first-order valence-corrected chi connectivity index (χ1v) is 11.3. The molecule has 1 amide bonds. The van der Waals surface area contributed by atoms with Crippen LogP contribution in [0.15, 0.2) is 70.3 Å². The molecule has 0 spiro atoms. The molecule has 1 unspecified atom stereocenters. The van der Waals surface area contributed by atoms with E-state index in [1.807, 2.05) is 0 Å². The second kappa shape index (κ2) is 8.41. The lowest BCUT2D eigenvalue weighted by Crippen LogP contribution is -2.31. The molecule has 1 aliphatic heterocycles. The van der Waals surface area contributed by atoms with Crippen LogP contribution in [0.3, 0.4) is 0 Å². The van der Waals surface area contributed by atoms with Gasteiger partial charge in [0.05, 0.1) is 24.4 Å². The van der Waals surface area contributed by atoms with E-state index in [1.54, 1.807) is 43.3 Å². The molecule has 0 fully saturated rings. The Bertz CT molecular complexity index is 1520. The highest BCUT2D eigenvalue weighted by Gasteiger charge is 2.47. The number of rotatable bonds is 5. The minimum atomic E-state index is -1.13. The van der Waals surface area contributed by atoms with E-state index < -0.39 is 29.5 Å². The standard InChI is InChI=1S/C25H18N2O7S/c1-12-22(24(32)33-2)35-25(26-12)27-19(14-7-5-8-15(28)10-14)18(21(30)23(27)31)20(29)17-11-13-6-3-4-9-16(13)34-17/h3-11,19,28,30H,1-2H3. The summed E-state index contributed by atoms with van der Waals surface area (Å²) in [4.78, 5) is 44.7. The van der Waals surface area contributed by atoms with Crippen molar-refractivity contribution in [1.82, 2.24) is 4.98 Å². The van der Waals surface area contributed by atoms with E-state index in [1.165, 1.54) is 25.3 Å². The number of ketones is 1. The monoisotopic (exact) mass is 490 g/mol. The maximum Gasteiger partial charge on any atom is 0.350 e. The van der Waals surface area contributed by atoms with Crippen molar-refractivity contribution in [2.24, 2.45) is 0 Å². The van der Waals surface area contributed by atoms with Gasteiger partial charge in [-0.05, 0) is 36.8 Å². The number of carbonyl (C=O) groups is 3. The molecule has 1 aliphatic rings. The van der Waals surface area contributed by atoms with Crippen molar-refractivity contribution >= 4 is 45.1 Å². The zero-order chi connectivity index (χ0) is 24.9. The molecular formula is C25H18N2O7S. The van der Waals surface area contributed by atoms with E-state index in [4.69, 9.17) is 9.15 Å². The molecule has 0 aliphatic carbocycles. The molecule has 9 nitrogen and oxygen atoms in total. The molecule has 0 bridgehead atoms. The number of fused-ring (bicyclic) bond motifs is 1. The summed E-state index contributed by atoms with van der Waals surface area (Å²) in [6.45, 7) is 1.59. The molecule has 2 N–H and O–H groups in total. The summed E-state index contributed by atoms with van der Waals surface area (Å²) in [5, 5.41) is 21.7. The third-order valence-corrected chi connectivity index (χ3v) is 6.79. The predicted octanol–water partition coefficient (Wildman–Crippen LogP) is 4.47. The molecule has 3 heterocycles. The number of thiazole rings is 1. The first-order valence-electron chi connectivity index (χ1n) is 10.4. The van der Waals surface area contributed by atoms with Gasteiger partial charge < -0.3 is 19.4 Å². The number of methoxy groups -OCH3 is 1. The molecule has 10 heteroatoms. The summed E-state index contributed by atoms with van der Waals surface area (Å²) in [6.07, 6.45) is 0. The van der Waals surface area contributed by atoms with Gasteiger partial charge in [0.1, 0.15) is 16.2 Å². The second-order valence-electron chi connectivity index (χ2n) is 7.82. The Balaban J connectivity index is 1.66. The number of benzene rings is 2. The summed E-state index contributed by atoms with van der Waals surface area (Å²) < 4.78 is 10.5. The van der Waals surface area contributed by atoms with Crippen LogP contribution in [-0.2, 0) is 9.53 Å². The van der Waals surface area contributed by atoms with Crippen LogP contribution >= 0.6 is 11.3 Å². The molecule has 4 aromatic rings. The Morgan fingerprint density at radius 1 is 1.11 bits per heavy atom. The fourth-order valence-corrected chi connectivity index (χ4v) is 5.05. The van der Waals surface area contributed by atoms with Crippen molar-refractivity contribution in [1.29, 1.82) is 0 Å². The number of aryl methyl sites for hydroxylation is 1. The number of aliphatic hydroxyl groups excluding tert-OH is 1. The Morgan fingerprint density at radius 2 is 1.89 bits per heavy atom. The van der Waals surface area contributed by atoms with Gasteiger partial charge in [-0.15, -0.1) is 0 Å². The van der Waals surface area contributed by atoms with Gasteiger partial charge in [-0.3, -0.25) is 14.5 Å². The third-order valence-electron chi connectivity index (χ3n) is 5.65. The number of nitrogens with zero attached hydrogens (tertiary/aromatic N) is 2. The van der Waals surface area contributed by atoms with Gasteiger partial charge in [0.2, 0.25) is 5.78 Å². The molecule has 176 valence electrons. The number of Topliss-reactive ketones (excluding diaryl/α,β-unsaturated/α-hetero) is 1. The normalized spacial score (nSPS) is 15.8. The summed E-state index contributed by atoms with van der Waals surface area (Å²) in [6, 6.07) is 13.4. The lowest BCUT2D eigenvalue weighted by atomic mass is 9.95. The SMILES string of the molecule is COC(=O)c1sc(N2C(=O)C(O)=C(C(=O)c3cc4ccccc4o3)C2c2cccc(O)c2)nc1C. The van der Waals surface area contributed by atoms with Gasteiger partial charge in [-0.2, -0.15) is 0 Å². The van der Waals surface area contributed by atoms with Crippen molar-refractivity contribution in [3.8, 4) is 5.75 Å². The molecule has 0 saturated heterocycles. The molecular weight excluding hydrogens is 472 g/mol. The Hall–Kier alpha value is -4.44. The molecule has 2 aromatic heterocycles. The Morgan fingerprint density at radius 3 is 2.60 bits per heavy atom. The number of ether oxygens (including phenoxy) is 1. The fourth-order valence-electron chi connectivity index (χ4n) is 4.04. The minimum absolute atomic E-state index is 0.0573. The number of aromatic nitrogens is 1. The third kappa shape index (κ3) is 3.64.